The molecule has 1 unspecified atom stereocenters. The molecule has 0 saturated carbocycles. The van der Waals surface area contributed by atoms with Crippen LogP contribution in [-0.2, 0) is 16.0 Å². The van der Waals surface area contributed by atoms with E-state index in [1.165, 1.54) is 21.9 Å². The van der Waals surface area contributed by atoms with Gasteiger partial charge in [0.15, 0.2) is 0 Å². The summed E-state index contributed by atoms with van der Waals surface area (Å²) in [5, 5.41) is 15.2. The number of ether oxygens (including phenoxy) is 1. The summed E-state index contributed by atoms with van der Waals surface area (Å²) in [4.78, 5) is 46.1. The molecule has 198 valence electrons. The highest BCUT2D eigenvalue weighted by Gasteiger charge is 2.27. The van der Waals surface area contributed by atoms with Gasteiger partial charge in [0.2, 0.25) is 4.96 Å². The second kappa shape index (κ2) is 10.6. The van der Waals surface area contributed by atoms with Gasteiger partial charge >= 0.3 is 6.09 Å². The molecule has 4 rings (SSSR count). The molecule has 0 bridgehead atoms. The van der Waals surface area contributed by atoms with Crippen molar-refractivity contribution in [2.75, 3.05) is 31.1 Å². The Balaban J connectivity index is 1.59. The summed E-state index contributed by atoms with van der Waals surface area (Å²) >= 11 is 1.27. The summed E-state index contributed by atoms with van der Waals surface area (Å²) in [6.45, 7) is 11.0. The molecular formula is C26H33N5O5S. The number of aliphatic hydroxyl groups excluding tert-OH is 1. The van der Waals surface area contributed by atoms with Gasteiger partial charge < -0.3 is 19.6 Å². The second-order valence-electron chi connectivity index (χ2n) is 10.2. The molecule has 1 saturated heterocycles. The Kier molecular flexibility index (Phi) is 7.65. The minimum absolute atomic E-state index is 0.104. The van der Waals surface area contributed by atoms with Crippen molar-refractivity contribution in [3.8, 4) is 10.6 Å². The molecule has 3 heterocycles. The molecule has 0 spiro atoms. The Morgan fingerprint density at radius 2 is 1.84 bits per heavy atom. The van der Waals surface area contributed by atoms with Crippen LogP contribution in [0.1, 0.15) is 58.3 Å². The van der Waals surface area contributed by atoms with Crippen molar-refractivity contribution in [2.24, 2.45) is 0 Å². The van der Waals surface area contributed by atoms with Crippen LogP contribution in [0, 0.1) is 0 Å². The highest BCUT2D eigenvalue weighted by Crippen LogP contribution is 2.29. The molecule has 1 N–H and O–H groups in total. The molecule has 37 heavy (non-hydrogen) atoms. The van der Waals surface area contributed by atoms with E-state index >= 15 is 0 Å². The lowest BCUT2D eigenvalue weighted by atomic mass is 9.99. The maximum absolute atomic E-state index is 12.9. The number of rotatable bonds is 6. The number of piperazine rings is 1. The molecule has 1 aromatic carbocycles. The number of carbonyl (C=O) groups excluding carboxylic acids is 2. The predicted octanol–water partition coefficient (Wildman–Crippen LogP) is 3.45. The van der Waals surface area contributed by atoms with E-state index < -0.39 is 11.7 Å². The van der Waals surface area contributed by atoms with Crippen molar-refractivity contribution in [2.45, 2.75) is 59.2 Å². The molecule has 10 nitrogen and oxygen atoms in total. The summed E-state index contributed by atoms with van der Waals surface area (Å²) in [6.07, 6.45) is -0.352. The highest BCUT2D eigenvalue weighted by molar-refractivity contribution is 7.19. The average molecular weight is 528 g/mol. The maximum atomic E-state index is 12.9. The topological polar surface area (TPSA) is 117 Å². The number of aliphatic hydroxyl groups is 1. The van der Waals surface area contributed by atoms with Crippen LogP contribution >= 0.6 is 11.3 Å². The van der Waals surface area contributed by atoms with Gasteiger partial charge in [0.25, 0.3) is 5.56 Å². The first-order chi connectivity index (χ1) is 17.4. The quantitative estimate of drug-likeness (QED) is 0.518. The molecule has 0 radical (unpaired) electrons. The van der Waals surface area contributed by atoms with E-state index in [-0.39, 0.29) is 23.9 Å². The Hall–Kier alpha value is -3.31. The smallest absolute Gasteiger partial charge is 0.410 e. The third-order valence-corrected chi connectivity index (χ3v) is 6.98. The van der Waals surface area contributed by atoms with Crippen LogP contribution in [0.15, 0.2) is 29.1 Å². The van der Waals surface area contributed by atoms with Crippen molar-refractivity contribution < 1.29 is 19.4 Å². The summed E-state index contributed by atoms with van der Waals surface area (Å²) in [5.74, 6) is 0.642. The molecule has 1 aliphatic rings. The van der Waals surface area contributed by atoms with E-state index in [0.29, 0.717) is 53.9 Å². The number of anilines is 1. The highest BCUT2D eigenvalue weighted by atomic mass is 32.1. The van der Waals surface area contributed by atoms with Gasteiger partial charge in [0, 0.05) is 50.7 Å². The van der Waals surface area contributed by atoms with Gasteiger partial charge in [-0.1, -0.05) is 24.3 Å². The van der Waals surface area contributed by atoms with Crippen LogP contribution in [-0.4, -0.2) is 68.3 Å². The number of ketones is 1. The fourth-order valence-corrected chi connectivity index (χ4v) is 4.95. The fraction of sp³-hybridized carbons (Fsp3) is 0.500. The standard InChI is InChI=1S/C26H33N5O5S/c1-6-20(33)13-17-11-18(16(2)32)14-19(12-17)23-28-31-22(34)15-21(27-24(31)37-23)29-7-9-30(10-8-29)25(35)36-26(3,4)5/h11-12,14-16,32H,6-10,13H2,1-5H3. The van der Waals surface area contributed by atoms with E-state index in [1.54, 1.807) is 11.8 Å². The van der Waals surface area contributed by atoms with Crippen molar-refractivity contribution in [3.63, 3.8) is 0 Å². The van der Waals surface area contributed by atoms with Gasteiger partial charge in [-0.05, 0) is 51.0 Å². The van der Waals surface area contributed by atoms with Crippen molar-refractivity contribution in [1.29, 1.82) is 0 Å². The van der Waals surface area contributed by atoms with Gasteiger partial charge in [-0.25, -0.2) is 9.78 Å². The zero-order chi connectivity index (χ0) is 26.9. The number of hydrogen-bond acceptors (Lipinski definition) is 9. The van der Waals surface area contributed by atoms with Crippen LogP contribution in [0.5, 0.6) is 0 Å². The van der Waals surface area contributed by atoms with E-state index in [4.69, 9.17) is 4.74 Å². The number of nitrogens with zero attached hydrogens (tertiary/aromatic N) is 5. The Labute approximate surface area is 219 Å². The normalized spacial score (nSPS) is 15.2. The summed E-state index contributed by atoms with van der Waals surface area (Å²) in [6, 6.07) is 6.98. The SMILES string of the molecule is CCC(=O)Cc1cc(-c2nn3c(=O)cc(N4CCN(C(=O)OC(C)(C)C)CC4)nc3s2)cc(C(C)O)c1. The predicted molar refractivity (Wildman–Crippen MR) is 142 cm³/mol. The number of amides is 1. The van der Waals surface area contributed by atoms with Crippen LogP contribution in [0.25, 0.3) is 15.5 Å². The molecule has 2 aromatic heterocycles. The third kappa shape index (κ3) is 6.34. The van der Waals surface area contributed by atoms with Crippen molar-refractivity contribution >= 4 is 34.0 Å². The molecule has 0 aliphatic carbocycles. The second-order valence-corrected chi connectivity index (χ2v) is 11.2. The number of hydrogen-bond donors (Lipinski definition) is 1. The minimum atomic E-state index is -0.711. The monoisotopic (exact) mass is 527 g/mol. The van der Waals surface area contributed by atoms with E-state index in [0.717, 1.165) is 11.1 Å². The van der Waals surface area contributed by atoms with E-state index in [2.05, 4.69) is 10.1 Å². The zero-order valence-corrected chi connectivity index (χ0v) is 22.7. The molecular weight excluding hydrogens is 494 g/mol. The van der Waals surface area contributed by atoms with Crippen molar-refractivity contribution in [3.05, 3.63) is 45.7 Å². The maximum Gasteiger partial charge on any atom is 0.410 e. The van der Waals surface area contributed by atoms with Gasteiger partial charge in [-0.15, -0.1) is 0 Å². The average Bonchev–Trinajstić information content (AvgIpc) is 3.28. The number of carbonyl (C=O) groups is 2. The van der Waals surface area contributed by atoms with Crippen LogP contribution in [0.2, 0.25) is 0 Å². The Morgan fingerprint density at radius 3 is 2.46 bits per heavy atom. The minimum Gasteiger partial charge on any atom is -0.444 e. The van der Waals surface area contributed by atoms with Gasteiger partial charge in [-0.2, -0.15) is 9.61 Å². The molecule has 1 fully saturated rings. The third-order valence-electron chi connectivity index (χ3n) is 6.03. The van der Waals surface area contributed by atoms with Crippen LogP contribution in [0.4, 0.5) is 10.6 Å². The zero-order valence-electron chi connectivity index (χ0n) is 21.9. The summed E-state index contributed by atoms with van der Waals surface area (Å²) in [7, 11) is 0. The summed E-state index contributed by atoms with van der Waals surface area (Å²) in [5.41, 5.74) is 1.34. The van der Waals surface area contributed by atoms with Gasteiger partial charge in [0.1, 0.15) is 22.2 Å². The van der Waals surface area contributed by atoms with Crippen LogP contribution < -0.4 is 10.5 Å². The summed E-state index contributed by atoms with van der Waals surface area (Å²) < 4.78 is 6.73. The van der Waals surface area contributed by atoms with E-state index in [1.807, 2.05) is 50.8 Å². The fourth-order valence-electron chi connectivity index (χ4n) is 4.06. The lowest BCUT2D eigenvalue weighted by molar-refractivity contribution is -0.118. The number of aromatic nitrogens is 3. The first-order valence-corrected chi connectivity index (χ1v) is 13.2. The first kappa shape index (κ1) is 26.7. The number of fused-ring (bicyclic) bond motifs is 1. The number of benzene rings is 1. The lowest BCUT2D eigenvalue weighted by Gasteiger charge is -2.36. The van der Waals surface area contributed by atoms with Crippen LogP contribution in [0.3, 0.4) is 0 Å². The largest absolute Gasteiger partial charge is 0.444 e. The molecule has 1 aliphatic heterocycles. The first-order valence-electron chi connectivity index (χ1n) is 12.4. The molecule has 1 atom stereocenters. The van der Waals surface area contributed by atoms with Gasteiger partial charge in [0.05, 0.1) is 6.10 Å². The number of Topliss-reactive ketones (excluding diaryl/α,β-unsaturated/α-hetero) is 1. The Morgan fingerprint density at radius 1 is 1.14 bits per heavy atom. The molecule has 11 heteroatoms. The molecule has 3 aromatic rings. The Bertz CT molecular complexity index is 1370. The van der Waals surface area contributed by atoms with E-state index in [9.17, 15) is 19.5 Å². The molecule has 1 amide bonds. The van der Waals surface area contributed by atoms with Gasteiger partial charge in [-0.3, -0.25) is 9.59 Å². The lowest BCUT2D eigenvalue weighted by Crippen LogP contribution is -2.50. The van der Waals surface area contributed by atoms with Crippen molar-refractivity contribution in [1.82, 2.24) is 19.5 Å².